The van der Waals surface area contributed by atoms with Gasteiger partial charge in [-0.25, -0.2) is 0 Å². The Morgan fingerprint density at radius 2 is 1.59 bits per heavy atom. The molecule has 0 saturated carbocycles. The fraction of sp³-hybridized carbons (Fsp3) is 0.292. The highest BCUT2D eigenvalue weighted by Gasteiger charge is 2.28. The van der Waals surface area contributed by atoms with Gasteiger partial charge in [0.2, 0.25) is 0 Å². The molecule has 1 amide bonds. The van der Waals surface area contributed by atoms with Gasteiger partial charge in [-0.3, -0.25) is 4.79 Å². The molecule has 3 nitrogen and oxygen atoms in total. The second-order valence-corrected chi connectivity index (χ2v) is 7.99. The van der Waals surface area contributed by atoms with E-state index >= 15 is 0 Å². The molecule has 27 heavy (non-hydrogen) atoms. The van der Waals surface area contributed by atoms with E-state index in [2.05, 4.69) is 67.9 Å². The number of aromatic nitrogens is 1. The molecule has 0 fully saturated rings. The number of amides is 1. The Morgan fingerprint density at radius 3 is 2.26 bits per heavy atom. The number of carbonyl (C=O) groups is 1. The standard InChI is InChI=1S/C24H28N2O/c1-19-11-8-9-15-22(19)23(27)26(24(2,3)4)18-21-14-10-16-25(21)17-20-12-6-5-7-13-20/h5-16H,17-18H2,1-4H3. The van der Waals surface area contributed by atoms with Gasteiger partial charge in [0.25, 0.3) is 5.91 Å². The van der Waals surface area contributed by atoms with Crippen LogP contribution in [0.15, 0.2) is 72.9 Å². The molecule has 3 rings (SSSR count). The molecule has 3 aromatic rings. The fourth-order valence-corrected chi connectivity index (χ4v) is 3.26. The quantitative estimate of drug-likeness (QED) is 0.607. The van der Waals surface area contributed by atoms with Gasteiger partial charge in [-0.15, -0.1) is 0 Å². The first kappa shape index (κ1) is 19.0. The van der Waals surface area contributed by atoms with Gasteiger partial charge in [0.05, 0.1) is 6.54 Å². The smallest absolute Gasteiger partial charge is 0.254 e. The average molecular weight is 361 g/mol. The summed E-state index contributed by atoms with van der Waals surface area (Å²) in [7, 11) is 0. The van der Waals surface area contributed by atoms with Gasteiger partial charge in [0, 0.05) is 29.5 Å². The number of aryl methyl sites for hydroxylation is 1. The van der Waals surface area contributed by atoms with Crippen LogP contribution in [0.3, 0.4) is 0 Å². The normalized spacial score (nSPS) is 11.4. The minimum atomic E-state index is -0.277. The number of carbonyl (C=O) groups excluding carboxylic acids is 1. The molecule has 2 aromatic carbocycles. The molecular weight excluding hydrogens is 332 g/mol. The van der Waals surface area contributed by atoms with Crippen LogP contribution >= 0.6 is 0 Å². The molecular formula is C24H28N2O. The summed E-state index contributed by atoms with van der Waals surface area (Å²) in [5, 5.41) is 0. The lowest BCUT2D eigenvalue weighted by atomic mass is 10.0. The molecule has 0 unspecified atom stereocenters. The Labute approximate surface area is 162 Å². The molecule has 0 aliphatic carbocycles. The van der Waals surface area contributed by atoms with Crippen molar-refractivity contribution in [3.63, 3.8) is 0 Å². The molecule has 0 aliphatic rings. The number of rotatable bonds is 5. The van der Waals surface area contributed by atoms with Crippen molar-refractivity contribution in [2.24, 2.45) is 0 Å². The highest BCUT2D eigenvalue weighted by atomic mass is 16.2. The van der Waals surface area contributed by atoms with Crippen molar-refractivity contribution in [2.45, 2.75) is 46.3 Å². The van der Waals surface area contributed by atoms with Crippen LogP contribution < -0.4 is 0 Å². The van der Waals surface area contributed by atoms with E-state index in [0.29, 0.717) is 6.54 Å². The van der Waals surface area contributed by atoms with Crippen LogP contribution in [0.5, 0.6) is 0 Å². The van der Waals surface area contributed by atoms with Gasteiger partial charge in [-0.2, -0.15) is 0 Å². The number of benzene rings is 2. The zero-order valence-electron chi connectivity index (χ0n) is 16.6. The van der Waals surface area contributed by atoms with Gasteiger partial charge in [0.1, 0.15) is 0 Å². The minimum Gasteiger partial charge on any atom is -0.345 e. The van der Waals surface area contributed by atoms with Crippen molar-refractivity contribution in [1.82, 2.24) is 9.47 Å². The van der Waals surface area contributed by atoms with Crippen molar-refractivity contribution in [1.29, 1.82) is 0 Å². The maximum absolute atomic E-state index is 13.3. The van der Waals surface area contributed by atoms with Gasteiger partial charge in [-0.1, -0.05) is 48.5 Å². The van der Waals surface area contributed by atoms with E-state index in [0.717, 1.165) is 23.4 Å². The lowest BCUT2D eigenvalue weighted by Gasteiger charge is -2.36. The number of hydrogen-bond donors (Lipinski definition) is 0. The van der Waals surface area contributed by atoms with Crippen molar-refractivity contribution in [3.8, 4) is 0 Å². The molecule has 0 radical (unpaired) electrons. The van der Waals surface area contributed by atoms with E-state index < -0.39 is 0 Å². The molecule has 0 saturated heterocycles. The summed E-state index contributed by atoms with van der Waals surface area (Å²) >= 11 is 0. The second kappa shape index (κ2) is 7.83. The van der Waals surface area contributed by atoms with Gasteiger partial charge in [0.15, 0.2) is 0 Å². The SMILES string of the molecule is Cc1ccccc1C(=O)N(Cc1cccn1Cc1ccccc1)C(C)(C)C. The molecule has 140 valence electrons. The van der Waals surface area contributed by atoms with Crippen LogP contribution in [0.25, 0.3) is 0 Å². The first-order chi connectivity index (χ1) is 12.9. The highest BCUT2D eigenvalue weighted by molar-refractivity contribution is 5.96. The molecule has 3 heteroatoms. The molecule has 1 aromatic heterocycles. The van der Waals surface area contributed by atoms with Gasteiger partial charge in [-0.05, 0) is 57.0 Å². The summed E-state index contributed by atoms with van der Waals surface area (Å²) in [5.41, 5.74) is 3.89. The van der Waals surface area contributed by atoms with Crippen LogP contribution in [0.4, 0.5) is 0 Å². The lowest BCUT2D eigenvalue weighted by molar-refractivity contribution is 0.0552. The topological polar surface area (TPSA) is 25.2 Å². The molecule has 1 heterocycles. The van der Waals surface area contributed by atoms with Crippen LogP contribution in [-0.4, -0.2) is 20.9 Å². The highest BCUT2D eigenvalue weighted by Crippen LogP contribution is 2.23. The molecule has 0 bridgehead atoms. The van der Waals surface area contributed by atoms with E-state index in [1.54, 1.807) is 0 Å². The van der Waals surface area contributed by atoms with Crippen LogP contribution in [0.1, 0.15) is 48.0 Å². The van der Waals surface area contributed by atoms with E-state index in [-0.39, 0.29) is 11.4 Å². The Bertz CT molecular complexity index is 903. The average Bonchev–Trinajstić information content (AvgIpc) is 3.06. The zero-order valence-corrected chi connectivity index (χ0v) is 16.6. The van der Waals surface area contributed by atoms with E-state index in [4.69, 9.17) is 0 Å². The third-order valence-electron chi connectivity index (χ3n) is 4.87. The Morgan fingerprint density at radius 1 is 0.926 bits per heavy atom. The van der Waals surface area contributed by atoms with Gasteiger partial charge >= 0.3 is 0 Å². The maximum Gasteiger partial charge on any atom is 0.254 e. The Balaban J connectivity index is 1.88. The summed E-state index contributed by atoms with van der Waals surface area (Å²) in [6.45, 7) is 9.65. The summed E-state index contributed by atoms with van der Waals surface area (Å²) in [6.07, 6.45) is 2.08. The van der Waals surface area contributed by atoms with Crippen LogP contribution in [0.2, 0.25) is 0 Å². The third kappa shape index (κ3) is 4.48. The number of nitrogens with zero attached hydrogens (tertiary/aromatic N) is 2. The van der Waals surface area contributed by atoms with Crippen LogP contribution in [0, 0.1) is 6.92 Å². The molecule has 0 spiro atoms. The van der Waals surface area contributed by atoms with Crippen molar-refractivity contribution >= 4 is 5.91 Å². The van der Waals surface area contributed by atoms with E-state index in [1.807, 2.05) is 42.2 Å². The molecule has 0 atom stereocenters. The molecule has 0 aliphatic heterocycles. The van der Waals surface area contributed by atoms with E-state index in [9.17, 15) is 4.79 Å². The first-order valence-corrected chi connectivity index (χ1v) is 9.42. The van der Waals surface area contributed by atoms with Crippen molar-refractivity contribution in [3.05, 3.63) is 95.3 Å². The summed E-state index contributed by atoms with van der Waals surface area (Å²) in [5.74, 6) is 0.0769. The zero-order chi connectivity index (χ0) is 19.4. The van der Waals surface area contributed by atoms with Gasteiger partial charge < -0.3 is 9.47 Å². The molecule has 0 N–H and O–H groups in total. The lowest BCUT2D eigenvalue weighted by Crippen LogP contribution is -2.45. The largest absolute Gasteiger partial charge is 0.345 e. The Kier molecular flexibility index (Phi) is 5.50. The number of hydrogen-bond acceptors (Lipinski definition) is 1. The monoisotopic (exact) mass is 360 g/mol. The Hall–Kier alpha value is -2.81. The first-order valence-electron chi connectivity index (χ1n) is 9.42. The van der Waals surface area contributed by atoms with Crippen LogP contribution in [-0.2, 0) is 13.1 Å². The minimum absolute atomic E-state index is 0.0769. The van der Waals surface area contributed by atoms with Crippen molar-refractivity contribution in [2.75, 3.05) is 0 Å². The second-order valence-electron chi connectivity index (χ2n) is 7.99. The fourth-order valence-electron chi connectivity index (χ4n) is 3.26. The predicted molar refractivity (Wildman–Crippen MR) is 111 cm³/mol. The third-order valence-corrected chi connectivity index (χ3v) is 4.87. The van der Waals surface area contributed by atoms with E-state index in [1.165, 1.54) is 5.56 Å². The predicted octanol–water partition coefficient (Wildman–Crippen LogP) is 5.29. The summed E-state index contributed by atoms with van der Waals surface area (Å²) in [4.78, 5) is 15.3. The summed E-state index contributed by atoms with van der Waals surface area (Å²) < 4.78 is 2.22. The summed E-state index contributed by atoms with van der Waals surface area (Å²) in [6, 6.07) is 22.4. The van der Waals surface area contributed by atoms with Crippen molar-refractivity contribution < 1.29 is 4.79 Å². The maximum atomic E-state index is 13.3.